The summed E-state index contributed by atoms with van der Waals surface area (Å²) in [7, 11) is 1.21. The summed E-state index contributed by atoms with van der Waals surface area (Å²) in [6, 6.07) is 1.28. The van der Waals surface area contributed by atoms with Crippen LogP contribution in [0.15, 0.2) is 11.6 Å². The third-order valence-electron chi connectivity index (χ3n) is 2.52. The van der Waals surface area contributed by atoms with Crippen LogP contribution in [0.3, 0.4) is 0 Å². The van der Waals surface area contributed by atoms with Gasteiger partial charge in [0.1, 0.15) is 11.5 Å². The molecule has 0 amide bonds. The van der Waals surface area contributed by atoms with Crippen LogP contribution in [0.25, 0.3) is 5.76 Å². The van der Waals surface area contributed by atoms with E-state index in [1.54, 1.807) is 0 Å². The number of carbonyl (C=O) groups is 2. The first-order valence-corrected chi connectivity index (χ1v) is 4.84. The second kappa shape index (κ2) is 5.55. The molecule has 0 aromatic carbocycles. The first kappa shape index (κ1) is 14.7. The van der Waals surface area contributed by atoms with Gasteiger partial charge in [-0.25, -0.2) is 4.79 Å². The van der Waals surface area contributed by atoms with Gasteiger partial charge in [0.15, 0.2) is 5.69 Å². The molecule has 0 radical (unpaired) electrons. The van der Waals surface area contributed by atoms with Crippen molar-refractivity contribution in [1.82, 2.24) is 9.78 Å². The molecule has 0 bridgehead atoms. The number of hydrogen-bond donors (Lipinski definition) is 1. The summed E-state index contributed by atoms with van der Waals surface area (Å²) in [5, 5.41) is 24.3. The molecular weight excluding hydrogens is 251 g/mol. The Labute approximate surface area is 124 Å². The summed E-state index contributed by atoms with van der Waals surface area (Å²) in [4.78, 5) is 22.0. The van der Waals surface area contributed by atoms with Crippen molar-refractivity contribution in [2.45, 2.75) is 13.0 Å². The number of carboxylic acids is 1. The maximum Gasteiger partial charge on any atom is 1.00 e. The molecule has 90 valence electrons. The summed E-state index contributed by atoms with van der Waals surface area (Å²) < 4.78 is 5.84. The quantitative estimate of drug-likeness (QED) is 0.430. The van der Waals surface area contributed by atoms with Crippen LogP contribution in [0.4, 0.5) is 0 Å². The molecule has 1 aliphatic rings. The molecule has 1 aromatic rings. The Balaban J connectivity index is 0.00000162. The van der Waals surface area contributed by atoms with Gasteiger partial charge in [0.05, 0.1) is 13.1 Å². The molecule has 7 nitrogen and oxygen atoms in total. The smallest absolute Gasteiger partial charge is 0.545 e. The van der Waals surface area contributed by atoms with Crippen LogP contribution >= 0.6 is 0 Å². The third kappa shape index (κ3) is 2.43. The number of aromatic nitrogens is 2. The Morgan fingerprint density at radius 2 is 2.22 bits per heavy atom. The minimum atomic E-state index is -1.42. The van der Waals surface area contributed by atoms with Gasteiger partial charge >= 0.3 is 35.5 Å². The fourth-order valence-corrected chi connectivity index (χ4v) is 1.67. The van der Waals surface area contributed by atoms with Crippen molar-refractivity contribution in [3.8, 4) is 0 Å². The minimum Gasteiger partial charge on any atom is -0.545 e. The van der Waals surface area contributed by atoms with E-state index < -0.39 is 17.7 Å². The van der Waals surface area contributed by atoms with Crippen molar-refractivity contribution in [2.24, 2.45) is 0 Å². The van der Waals surface area contributed by atoms with Gasteiger partial charge in [-0.3, -0.25) is 4.68 Å². The first-order chi connectivity index (χ1) is 8.04. The fourth-order valence-electron chi connectivity index (χ4n) is 1.67. The average molecular weight is 260 g/mol. The number of hydrogen-bond acceptors (Lipinski definition) is 6. The number of rotatable bonds is 2. The van der Waals surface area contributed by atoms with Crippen molar-refractivity contribution in [1.29, 1.82) is 0 Å². The Bertz CT molecular complexity index is 534. The summed E-state index contributed by atoms with van der Waals surface area (Å²) >= 11 is 0. The predicted molar refractivity (Wildman–Crippen MR) is 52.7 cm³/mol. The number of carboxylic acid groups (broad SMARTS) is 1. The van der Waals surface area contributed by atoms with E-state index in [-0.39, 0.29) is 59.5 Å². The van der Waals surface area contributed by atoms with E-state index in [9.17, 15) is 19.8 Å². The Hall–Kier alpha value is -1.31. The van der Waals surface area contributed by atoms with Crippen LogP contribution in [0.5, 0.6) is 0 Å². The molecular formula is C10H9N2NaO5. The second-order valence-electron chi connectivity index (χ2n) is 3.49. The van der Waals surface area contributed by atoms with Gasteiger partial charge in [0.25, 0.3) is 0 Å². The van der Waals surface area contributed by atoms with Gasteiger partial charge in [0.2, 0.25) is 0 Å². The number of esters is 1. The van der Waals surface area contributed by atoms with Crippen molar-refractivity contribution in [3.63, 3.8) is 0 Å². The van der Waals surface area contributed by atoms with E-state index in [0.29, 0.717) is 0 Å². The zero-order chi connectivity index (χ0) is 12.6. The van der Waals surface area contributed by atoms with E-state index in [2.05, 4.69) is 9.84 Å². The topological polar surface area (TPSA) is 104 Å². The van der Waals surface area contributed by atoms with Gasteiger partial charge < -0.3 is 19.7 Å². The summed E-state index contributed by atoms with van der Waals surface area (Å²) in [6.45, 7) is 0.264. The molecule has 2 heterocycles. The largest absolute Gasteiger partial charge is 1.00 e. The van der Waals surface area contributed by atoms with Crippen LogP contribution in [-0.2, 0) is 16.1 Å². The van der Waals surface area contributed by atoms with Crippen molar-refractivity contribution >= 4 is 17.7 Å². The van der Waals surface area contributed by atoms with Crippen molar-refractivity contribution in [2.75, 3.05) is 7.11 Å². The second-order valence-corrected chi connectivity index (χ2v) is 3.49. The number of aryl methyl sites for hydroxylation is 1. The van der Waals surface area contributed by atoms with Crippen LogP contribution < -0.4 is 34.7 Å². The molecule has 2 rings (SSSR count). The van der Waals surface area contributed by atoms with E-state index in [4.69, 9.17) is 0 Å². The molecule has 18 heavy (non-hydrogen) atoms. The summed E-state index contributed by atoms with van der Waals surface area (Å²) in [6.07, 6.45) is 0.101. The molecule has 0 saturated heterocycles. The van der Waals surface area contributed by atoms with Crippen LogP contribution in [0.2, 0.25) is 0 Å². The van der Waals surface area contributed by atoms with Gasteiger partial charge in [-0.15, -0.1) is 0 Å². The van der Waals surface area contributed by atoms with Crippen LogP contribution in [0.1, 0.15) is 22.6 Å². The number of aliphatic hydroxyl groups excluding tert-OH is 1. The van der Waals surface area contributed by atoms with Crippen LogP contribution in [0, 0.1) is 0 Å². The number of ether oxygens (including phenoxy) is 1. The molecule has 0 fully saturated rings. The maximum absolute atomic E-state index is 11.2. The fraction of sp³-hybridized carbons (Fsp3) is 0.300. The normalized spacial score (nSPS) is 13.6. The Kier molecular flexibility index (Phi) is 4.55. The van der Waals surface area contributed by atoms with Gasteiger partial charge in [-0.2, -0.15) is 5.10 Å². The zero-order valence-corrected chi connectivity index (χ0v) is 12.0. The number of methoxy groups -OCH3 is 1. The molecule has 1 N–H and O–H groups in total. The minimum absolute atomic E-state index is 0. The molecule has 0 aliphatic carbocycles. The van der Waals surface area contributed by atoms with E-state index in [0.717, 1.165) is 0 Å². The number of aliphatic carboxylic acids is 1. The maximum atomic E-state index is 11.2. The molecule has 0 spiro atoms. The van der Waals surface area contributed by atoms with Crippen LogP contribution in [-0.4, -0.2) is 33.9 Å². The first-order valence-electron chi connectivity index (χ1n) is 4.84. The summed E-state index contributed by atoms with van der Waals surface area (Å²) in [5.41, 5.74) is 0.0123. The Morgan fingerprint density at radius 1 is 1.56 bits per heavy atom. The SMILES string of the molecule is COC(=O)c1cc2n(n1)CCC(C(=O)[O-])=C2O.[Na+]. The third-order valence-corrected chi connectivity index (χ3v) is 2.52. The summed E-state index contributed by atoms with van der Waals surface area (Å²) in [5.74, 6) is -2.48. The van der Waals surface area contributed by atoms with E-state index in [1.807, 2.05) is 0 Å². The van der Waals surface area contributed by atoms with Crippen molar-refractivity contribution in [3.05, 3.63) is 23.0 Å². The average Bonchev–Trinajstić information content (AvgIpc) is 2.72. The zero-order valence-electron chi connectivity index (χ0n) is 9.97. The van der Waals surface area contributed by atoms with E-state index in [1.165, 1.54) is 17.9 Å². The number of carbonyl (C=O) groups excluding carboxylic acids is 2. The van der Waals surface area contributed by atoms with Crippen molar-refractivity contribution < 1.29 is 54.1 Å². The molecule has 0 atom stereocenters. The predicted octanol–water partition coefficient (Wildman–Crippen LogP) is -3.90. The van der Waals surface area contributed by atoms with E-state index >= 15 is 0 Å². The number of fused-ring (bicyclic) bond motifs is 1. The molecule has 8 heteroatoms. The molecule has 1 aliphatic heterocycles. The number of nitrogens with zero attached hydrogens (tertiary/aromatic N) is 2. The van der Waals surface area contributed by atoms with Gasteiger partial charge in [-0.05, 0) is 6.42 Å². The van der Waals surface area contributed by atoms with Gasteiger partial charge in [-0.1, -0.05) is 0 Å². The Morgan fingerprint density at radius 3 is 2.78 bits per heavy atom. The molecule has 0 unspecified atom stereocenters. The molecule has 1 aromatic heterocycles. The monoisotopic (exact) mass is 260 g/mol. The molecule has 0 saturated carbocycles. The standard InChI is InChI=1S/C10H10N2O5.Na/c1-17-10(16)6-4-7-8(13)5(9(14)15)2-3-12(7)11-6;/h4,13H,2-3H2,1H3,(H,14,15);/q;+1/p-1. The number of aliphatic hydroxyl groups is 1. The van der Waals surface area contributed by atoms with Gasteiger partial charge in [0, 0.05) is 18.2 Å².